The number of carbonyl (C=O) groups is 1. The number of benzene rings is 2. The van der Waals surface area contributed by atoms with Crippen LogP contribution in [0.4, 0.5) is 17.3 Å². The van der Waals surface area contributed by atoms with Crippen molar-refractivity contribution in [2.45, 2.75) is 12.6 Å². The highest BCUT2D eigenvalue weighted by Crippen LogP contribution is 2.38. The molecule has 1 aromatic heterocycles. The molecule has 0 aliphatic carbocycles. The molecule has 0 saturated carbocycles. The third kappa shape index (κ3) is 4.52. The molecule has 4 rings (SSSR count). The first-order valence-electron chi connectivity index (χ1n) is 9.61. The number of hydrogen-bond acceptors (Lipinski definition) is 8. The second-order valence-corrected chi connectivity index (χ2v) is 7.69. The molecule has 2 heterocycles. The number of anilines is 3. The van der Waals surface area contributed by atoms with Gasteiger partial charge in [-0.05, 0) is 42.4 Å². The number of likely N-dealkylation sites (N-methyl/N-ethyl adjacent to an activating group) is 1. The Kier molecular flexibility index (Phi) is 5.88. The molecular weight excluding hydrogens is 418 g/mol. The molecule has 1 aliphatic heterocycles. The van der Waals surface area contributed by atoms with Crippen LogP contribution in [0.2, 0.25) is 5.02 Å². The van der Waals surface area contributed by atoms with Gasteiger partial charge in [0.1, 0.15) is 5.75 Å². The zero-order valence-electron chi connectivity index (χ0n) is 17.1. The Balaban J connectivity index is 1.65. The lowest BCUT2D eigenvalue weighted by Gasteiger charge is -2.34. The summed E-state index contributed by atoms with van der Waals surface area (Å²) < 4.78 is 5.61. The first-order valence-corrected chi connectivity index (χ1v) is 9.99. The summed E-state index contributed by atoms with van der Waals surface area (Å²) in [7, 11) is 3.67. The van der Waals surface area contributed by atoms with Crippen LogP contribution in [0.25, 0.3) is 0 Å². The van der Waals surface area contributed by atoms with Crippen molar-refractivity contribution in [2.75, 3.05) is 31.3 Å². The van der Waals surface area contributed by atoms with Gasteiger partial charge in [-0.1, -0.05) is 23.7 Å². The lowest BCUT2D eigenvalue weighted by Crippen LogP contribution is -2.34. The summed E-state index contributed by atoms with van der Waals surface area (Å²) in [5.41, 5.74) is 9.02. The molecule has 31 heavy (non-hydrogen) atoms. The molecule has 4 N–H and O–H groups in total. The average molecular weight is 440 g/mol. The van der Waals surface area contributed by atoms with Crippen molar-refractivity contribution >= 4 is 34.8 Å². The van der Waals surface area contributed by atoms with E-state index < -0.39 is 5.91 Å². The molecule has 160 valence electrons. The predicted octanol–water partition coefficient (Wildman–Crippen LogP) is 2.97. The van der Waals surface area contributed by atoms with Crippen LogP contribution in [-0.2, 0) is 6.54 Å². The molecule has 1 unspecified atom stereocenters. The van der Waals surface area contributed by atoms with Crippen molar-refractivity contribution in [3.63, 3.8) is 0 Å². The molecular formula is C21H22ClN7O2. The zero-order valence-corrected chi connectivity index (χ0v) is 17.8. The molecule has 1 atom stereocenters. The maximum atomic E-state index is 11.2. The van der Waals surface area contributed by atoms with Crippen molar-refractivity contribution in [3.8, 4) is 5.75 Å². The van der Waals surface area contributed by atoms with E-state index in [0.29, 0.717) is 16.5 Å². The van der Waals surface area contributed by atoms with E-state index in [1.807, 2.05) is 36.4 Å². The average Bonchev–Trinajstić information content (AvgIpc) is 2.75. The molecule has 1 amide bonds. The highest BCUT2D eigenvalue weighted by molar-refractivity contribution is 6.33. The number of hydrogen-bond donors (Lipinski definition) is 3. The Hall–Kier alpha value is -3.43. The third-order valence-corrected chi connectivity index (χ3v) is 5.36. The van der Waals surface area contributed by atoms with Gasteiger partial charge in [-0.15, -0.1) is 10.2 Å². The summed E-state index contributed by atoms with van der Waals surface area (Å²) in [6, 6.07) is 11.7. The van der Waals surface area contributed by atoms with E-state index in [9.17, 15) is 4.79 Å². The minimum Gasteiger partial charge on any atom is -0.495 e. The summed E-state index contributed by atoms with van der Waals surface area (Å²) in [6.45, 7) is 1.59. The fourth-order valence-corrected chi connectivity index (χ4v) is 3.78. The summed E-state index contributed by atoms with van der Waals surface area (Å²) >= 11 is 6.35. The van der Waals surface area contributed by atoms with Gasteiger partial charge in [0.2, 0.25) is 5.95 Å². The van der Waals surface area contributed by atoms with Crippen molar-refractivity contribution in [3.05, 3.63) is 64.4 Å². The van der Waals surface area contributed by atoms with Gasteiger partial charge in [0.25, 0.3) is 5.91 Å². The van der Waals surface area contributed by atoms with Crippen LogP contribution in [0, 0.1) is 0 Å². The summed E-state index contributed by atoms with van der Waals surface area (Å²) in [5.74, 6) is 0.188. The minimum absolute atomic E-state index is 0.00179. The first-order chi connectivity index (χ1) is 14.9. The number of rotatable bonds is 6. The normalized spacial score (nSPS) is 15.8. The number of fused-ring (bicyclic) bond motifs is 1. The highest BCUT2D eigenvalue weighted by atomic mass is 35.5. The fourth-order valence-electron chi connectivity index (χ4n) is 3.59. The Morgan fingerprint density at radius 1 is 1.26 bits per heavy atom. The van der Waals surface area contributed by atoms with Crippen LogP contribution in [0.15, 0.2) is 42.6 Å². The van der Waals surface area contributed by atoms with Gasteiger partial charge >= 0.3 is 0 Å². The van der Waals surface area contributed by atoms with E-state index >= 15 is 0 Å². The van der Waals surface area contributed by atoms with Crippen molar-refractivity contribution in [1.29, 1.82) is 0 Å². The van der Waals surface area contributed by atoms with Gasteiger partial charge in [0.05, 0.1) is 35.7 Å². The number of methoxy groups -OCH3 is 1. The molecule has 0 saturated heterocycles. The van der Waals surface area contributed by atoms with Gasteiger partial charge in [-0.25, -0.2) is 4.98 Å². The number of nitrogens with one attached hydrogen (secondary N) is 2. The number of nitrogens with zero attached hydrogens (tertiary/aromatic N) is 4. The predicted molar refractivity (Wildman–Crippen MR) is 119 cm³/mol. The SMILES string of the molecule is COc1cc2c(cc1Nc1ncc(C(N)=O)nn1)CN(C)CC2Nc1ccccc1Cl. The molecule has 9 nitrogen and oxygen atoms in total. The van der Waals surface area contributed by atoms with E-state index in [4.69, 9.17) is 22.1 Å². The third-order valence-electron chi connectivity index (χ3n) is 5.04. The van der Waals surface area contributed by atoms with Crippen molar-refractivity contribution < 1.29 is 9.53 Å². The molecule has 3 aromatic rings. The number of halogens is 1. The molecule has 2 aromatic carbocycles. The van der Waals surface area contributed by atoms with Crippen LogP contribution < -0.4 is 21.1 Å². The smallest absolute Gasteiger partial charge is 0.270 e. The van der Waals surface area contributed by atoms with Crippen LogP contribution in [0.1, 0.15) is 27.7 Å². The first kappa shape index (κ1) is 20.8. The van der Waals surface area contributed by atoms with E-state index in [2.05, 4.69) is 37.8 Å². The molecule has 0 fully saturated rings. The largest absolute Gasteiger partial charge is 0.495 e. The minimum atomic E-state index is -0.682. The van der Waals surface area contributed by atoms with Gasteiger partial charge < -0.3 is 21.1 Å². The molecule has 0 spiro atoms. The van der Waals surface area contributed by atoms with Gasteiger partial charge in [-0.2, -0.15) is 0 Å². The number of primary amides is 1. The van der Waals surface area contributed by atoms with Crippen molar-refractivity contribution in [1.82, 2.24) is 20.1 Å². The summed E-state index contributed by atoms with van der Waals surface area (Å²) in [6.07, 6.45) is 1.28. The Bertz CT molecular complexity index is 1110. The number of carbonyl (C=O) groups excluding carboxylic acids is 1. The topological polar surface area (TPSA) is 118 Å². The quantitative estimate of drug-likeness (QED) is 0.536. The highest BCUT2D eigenvalue weighted by Gasteiger charge is 2.26. The zero-order chi connectivity index (χ0) is 22.0. The molecule has 10 heteroatoms. The maximum Gasteiger partial charge on any atom is 0.270 e. The molecule has 0 radical (unpaired) electrons. The standard InChI is InChI=1S/C21H22ClN7O2/c1-29-10-12-7-16(26-21-24-9-17(20(23)30)27-28-21)19(31-2)8-13(12)18(11-29)25-15-6-4-3-5-14(15)22/h3-9,18,25H,10-11H2,1-2H3,(H2,23,30)(H,24,26,28). The monoisotopic (exact) mass is 439 g/mol. The summed E-state index contributed by atoms with van der Waals surface area (Å²) in [5, 5.41) is 15.0. The molecule has 0 bridgehead atoms. The van der Waals surface area contributed by atoms with Crippen LogP contribution >= 0.6 is 11.6 Å². The Morgan fingerprint density at radius 2 is 2.06 bits per heavy atom. The van der Waals surface area contributed by atoms with Crippen LogP contribution in [0.5, 0.6) is 5.75 Å². The summed E-state index contributed by atoms with van der Waals surface area (Å²) in [4.78, 5) is 17.5. The second kappa shape index (κ2) is 8.75. The molecule has 1 aliphatic rings. The van der Waals surface area contributed by atoms with Crippen LogP contribution in [-0.4, -0.2) is 46.7 Å². The fraction of sp³-hybridized carbons (Fsp3) is 0.238. The second-order valence-electron chi connectivity index (χ2n) is 7.28. The number of ether oxygens (including phenoxy) is 1. The lowest BCUT2D eigenvalue weighted by atomic mass is 9.94. The van der Waals surface area contributed by atoms with E-state index in [0.717, 1.165) is 29.9 Å². The number of amides is 1. The van der Waals surface area contributed by atoms with E-state index in [1.54, 1.807) is 7.11 Å². The maximum absolute atomic E-state index is 11.2. The number of nitrogens with two attached hydrogens (primary N) is 1. The Labute approximate surface area is 184 Å². The number of para-hydroxylation sites is 1. The lowest BCUT2D eigenvalue weighted by molar-refractivity contribution is 0.0994. The Morgan fingerprint density at radius 3 is 2.74 bits per heavy atom. The van der Waals surface area contributed by atoms with E-state index in [-0.39, 0.29) is 17.7 Å². The van der Waals surface area contributed by atoms with Gasteiger partial charge in [-0.3, -0.25) is 9.69 Å². The van der Waals surface area contributed by atoms with Gasteiger partial charge in [0.15, 0.2) is 5.69 Å². The van der Waals surface area contributed by atoms with Crippen LogP contribution in [0.3, 0.4) is 0 Å². The van der Waals surface area contributed by atoms with E-state index in [1.165, 1.54) is 6.20 Å². The van der Waals surface area contributed by atoms with Gasteiger partial charge in [0, 0.05) is 13.1 Å². The number of aromatic nitrogens is 3. The van der Waals surface area contributed by atoms with Crippen molar-refractivity contribution in [2.24, 2.45) is 5.73 Å².